The summed E-state index contributed by atoms with van der Waals surface area (Å²) in [5.74, 6) is -2.79. The molecule has 1 N–H and O–H groups in total. The van der Waals surface area contributed by atoms with Gasteiger partial charge in [0.1, 0.15) is 11.6 Å². The topological polar surface area (TPSA) is 52.6 Å². The third-order valence-corrected chi connectivity index (χ3v) is 4.36. The van der Waals surface area contributed by atoms with E-state index in [1.54, 1.807) is 4.90 Å². The minimum absolute atomic E-state index is 0.0457. The summed E-state index contributed by atoms with van der Waals surface area (Å²) in [5.41, 5.74) is 1.61. The monoisotopic (exact) mass is 359 g/mol. The van der Waals surface area contributed by atoms with Crippen LogP contribution in [0.15, 0.2) is 42.5 Å². The van der Waals surface area contributed by atoms with Crippen molar-refractivity contribution in [2.75, 3.05) is 35.8 Å². The van der Waals surface area contributed by atoms with Gasteiger partial charge in [-0.2, -0.15) is 0 Å². The molecule has 2 aromatic carbocycles. The molecule has 7 heteroatoms. The van der Waals surface area contributed by atoms with Crippen molar-refractivity contribution in [3.63, 3.8) is 0 Å². The lowest BCUT2D eigenvalue weighted by molar-refractivity contribution is -0.122. The van der Waals surface area contributed by atoms with E-state index < -0.39 is 23.5 Å². The quantitative estimate of drug-likeness (QED) is 0.913. The molecule has 0 aliphatic carbocycles. The first-order valence-electron chi connectivity index (χ1n) is 8.19. The van der Waals surface area contributed by atoms with Gasteiger partial charge in [-0.25, -0.2) is 8.78 Å². The Bertz CT molecular complexity index is 837. The van der Waals surface area contributed by atoms with Gasteiger partial charge in [-0.05, 0) is 36.4 Å². The van der Waals surface area contributed by atoms with Crippen LogP contribution in [-0.2, 0) is 9.59 Å². The van der Waals surface area contributed by atoms with E-state index in [2.05, 4.69) is 5.32 Å². The first kappa shape index (κ1) is 17.8. The second-order valence-corrected chi connectivity index (χ2v) is 6.43. The van der Waals surface area contributed by atoms with Crippen LogP contribution >= 0.6 is 0 Å². The Morgan fingerprint density at radius 2 is 1.85 bits per heavy atom. The molecule has 0 bridgehead atoms. The summed E-state index contributed by atoms with van der Waals surface area (Å²) in [6.07, 6.45) is 0.0457. The third kappa shape index (κ3) is 3.66. The van der Waals surface area contributed by atoms with Crippen LogP contribution in [0.4, 0.5) is 25.8 Å². The van der Waals surface area contributed by atoms with Crippen molar-refractivity contribution in [3.05, 3.63) is 54.1 Å². The summed E-state index contributed by atoms with van der Waals surface area (Å²) in [7, 11) is 3.84. The normalized spacial score (nSPS) is 16.7. The highest BCUT2D eigenvalue weighted by Gasteiger charge is 2.35. The summed E-state index contributed by atoms with van der Waals surface area (Å²) in [4.78, 5) is 28.1. The third-order valence-electron chi connectivity index (χ3n) is 4.36. The number of carbonyl (C=O) groups is 2. The van der Waals surface area contributed by atoms with Crippen LogP contribution in [0.5, 0.6) is 0 Å². The molecule has 1 unspecified atom stereocenters. The molecule has 1 atom stereocenters. The van der Waals surface area contributed by atoms with Gasteiger partial charge in [-0.1, -0.05) is 0 Å². The number of hydrogen-bond acceptors (Lipinski definition) is 3. The van der Waals surface area contributed by atoms with Crippen LogP contribution in [0.1, 0.15) is 6.42 Å². The van der Waals surface area contributed by atoms with Crippen LogP contribution in [0.25, 0.3) is 0 Å². The van der Waals surface area contributed by atoms with Gasteiger partial charge < -0.3 is 15.1 Å². The predicted molar refractivity (Wildman–Crippen MR) is 96.2 cm³/mol. The van der Waals surface area contributed by atoms with Gasteiger partial charge in [-0.3, -0.25) is 9.59 Å². The summed E-state index contributed by atoms with van der Waals surface area (Å²) in [6, 6.07) is 10.4. The van der Waals surface area contributed by atoms with Crippen molar-refractivity contribution in [3.8, 4) is 0 Å². The molecule has 136 valence electrons. The Morgan fingerprint density at radius 3 is 2.46 bits per heavy atom. The summed E-state index contributed by atoms with van der Waals surface area (Å²) >= 11 is 0. The molecule has 0 saturated carbocycles. The maximum absolute atomic E-state index is 13.7. The van der Waals surface area contributed by atoms with Gasteiger partial charge >= 0.3 is 0 Å². The molecule has 1 aliphatic rings. The smallest absolute Gasteiger partial charge is 0.229 e. The first-order valence-corrected chi connectivity index (χ1v) is 8.19. The van der Waals surface area contributed by atoms with Crippen molar-refractivity contribution in [1.29, 1.82) is 0 Å². The van der Waals surface area contributed by atoms with Crippen LogP contribution in [0, 0.1) is 17.6 Å². The maximum Gasteiger partial charge on any atom is 0.229 e. The number of carbonyl (C=O) groups excluding carboxylic acids is 2. The molecule has 2 aromatic rings. The Hall–Kier alpha value is -2.96. The van der Waals surface area contributed by atoms with Gasteiger partial charge in [0.05, 0.1) is 11.6 Å². The second-order valence-electron chi connectivity index (χ2n) is 6.43. The number of anilines is 3. The van der Waals surface area contributed by atoms with Crippen molar-refractivity contribution < 1.29 is 18.4 Å². The zero-order chi connectivity index (χ0) is 18.8. The molecule has 2 amide bonds. The number of nitrogens with one attached hydrogen (secondary N) is 1. The van der Waals surface area contributed by atoms with E-state index in [0.717, 1.165) is 17.8 Å². The SMILES string of the molecule is CN(C)c1ccc(N2CC(C(=O)Nc3ccc(F)cc3F)CC2=O)cc1. The minimum Gasteiger partial charge on any atom is -0.378 e. The Kier molecular flexibility index (Phi) is 4.88. The molecule has 1 heterocycles. The minimum atomic E-state index is -0.848. The van der Waals surface area contributed by atoms with E-state index in [1.165, 1.54) is 0 Å². The Balaban J connectivity index is 1.69. The van der Waals surface area contributed by atoms with E-state index in [4.69, 9.17) is 0 Å². The molecule has 1 aliphatic heterocycles. The van der Waals surface area contributed by atoms with E-state index in [1.807, 2.05) is 43.3 Å². The lowest BCUT2D eigenvalue weighted by Gasteiger charge is -2.19. The molecule has 0 radical (unpaired) electrons. The molecular formula is C19H19F2N3O2. The number of hydrogen-bond donors (Lipinski definition) is 1. The average Bonchev–Trinajstić information content (AvgIpc) is 2.99. The Labute approximate surface area is 150 Å². The molecule has 0 spiro atoms. The van der Waals surface area contributed by atoms with Gasteiger partial charge in [-0.15, -0.1) is 0 Å². The molecule has 1 fully saturated rings. The number of halogens is 2. The summed E-state index contributed by atoms with van der Waals surface area (Å²) < 4.78 is 26.6. The predicted octanol–water partition coefficient (Wildman–Crippen LogP) is 3.02. The van der Waals surface area contributed by atoms with Gasteiger partial charge in [0.25, 0.3) is 0 Å². The largest absolute Gasteiger partial charge is 0.378 e. The Morgan fingerprint density at radius 1 is 1.15 bits per heavy atom. The van der Waals surface area contributed by atoms with Crippen molar-refractivity contribution in [2.45, 2.75) is 6.42 Å². The first-order chi connectivity index (χ1) is 12.3. The van der Waals surface area contributed by atoms with Crippen LogP contribution in [0.3, 0.4) is 0 Å². The average molecular weight is 359 g/mol. The van der Waals surface area contributed by atoms with Crippen molar-refractivity contribution in [2.24, 2.45) is 5.92 Å². The van der Waals surface area contributed by atoms with E-state index in [0.29, 0.717) is 11.8 Å². The molecule has 1 saturated heterocycles. The van der Waals surface area contributed by atoms with Gasteiger partial charge in [0.15, 0.2) is 0 Å². The van der Waals surface area contributed by atoms with Crippen molar-refractivity contribution >= 4 is 28.9 Å². The van der Waals surface area contributed by atoms with Gasteiger partial charge in [0.2, 0.25) is 11.8 Å². The standard InChI is InChI=1S/C19H19F2N3O2/c1-23(2)14-4-6-15(7-5-14)24-11-12(9-18(24)25)19(26)22-17-8-3-13(20)10-16(17)21/h3-8,10,12H,9,11H2,1-2H3,(H,22,26). The van der Waals surface area contributed by atoms with Crippen LogP contribution in [0.2, 0.25) is 0 Å². The fraction of sp³-hybridized carbons (Fsp3) is 0.263. The van der Waals surface area contributed by atoms with Crippen LogP contribution < -0.4 is 15.1 Å². The van der Waals surface area contributed by atoms with E-state index in [-0.39, 0.29) is 24.6 Å². The fourth-order valence-electron chi connectivity index (χ4n) is 2.89. The zero-order valence-electron chi connectivity index (χ0n) is 14.5. The maximum atomic E-state index is 13.7. The summed E-state index contributed by atoms with van der Waals surface area (Å²) in [6.45, 7) is 0.217. The highest BCUT2D eigenvalue weighted by Crippen LogP contribution is 2.28. The van der Waals surface area contributed by atoms with Crippen molar-refractivity contribution in [1.82, 2.24) is 0 Å². The fourth-order valence-corrected chi connectivity index (χ4v) is 2.89. The molecule has 0 aromatic heterocycles. The second kappa shape index (κ2) is 7.11. The summed E-state index contributed by atoms with van der Waals surface area (Å²) in [5, 5.41) is 2.43. The highest BCUT2D eigenvalue weighted by molar-refractivity contribution is 6.03. The van der Waals surface area contributed by atoms with E-state index in [9.17, 15) is 18.4 Å². The molecular weight excluding hydrogens is 340 g/mol. The van der Waals surface area contributed by atoms with E-state index >= 15 is 0 Å². The molecule has 5 nitrogen and oxygen atoms in total. The lowest BCUT2D eigenvalue weighted by Crippen LogP contribution is -2.28. The highest BCUT2D eigenvalue weighted by atomic mass is 19.1. The van der Waals surface area contributed by atoms with Crippen LogP contribution in [-0.4, -0.2) is 32.5 Å². The number of amides is 2. The number of benzene rings is 2. The zero-order valence-corrected chi connectivity index (χ0v) is 14.5. The number of rotatable bonds is 4. The molecule has 26 heavy (non-hydrogen) atoms. The lowest BCUT2D eigenvalue weighted by atomic mass is 10.1. The number of nitrogens with zero attached hydrogens (tertiary/aromatic N) is 2. The van der Waals surface area contributed by atoms with Gasteiger partial charge in [0, 0.05) is 44.5 Å². The molecule has 3 rings (SSSR count).